The number of hydrogen-bond donors (Lipinski definition) is 2. The molecule has 0 radical (unpaired) electrons. The molecule has 0 aliphatic carbocycles. The summed E-state index contributed by atoms with van der Waals surface area (Å²) in [6.45, 7) is 4.12. The number of para-hydroxylation sites is 1. The summed E-state index contributed by atoms with van der Waals surface area (Å²) in [6.07, 6.45) is 2.04. The number of furan rings is 1. The first-order chi connectivity index (χ1) is 14.6. The predicted octanol–water partition coefficient (Wildman–Crippen LogP) is 3.42. The molecule has 3 aliphatic rings. The first-order valence-corrected chi connectivity index (χ1v) is 11.4. The molecule has 2 aromatic rings. The van der Waals surface area contributed by atoms with E-state index in [0.29, 0.717) is 5.92 Å². The van der Waals surface area contributed by atoms with E-state index >= 15 is 0 Å². The summed E-state index contributed by atoms with van der Waals surface area (Å²) in [4.78, 5) is 15.1. The van der Waals surface area contributed by atoms with E-state index in [1.54, 1.807) is 0 Å². The Hall–Kier alpha value is -2.53. The van der Waals surface area contributed by atoms with E-state index in [9.17, 15) is 26.4 Å². The van der Waals surface area contributed by atoms with Gasteiger partial charge in [0, 0.05) is 17.6 Å². The molecule has 31 heavy (non-hydrogen) atoms. The van der Waals surface area contributed by atoms with Gasteiger partial charge in [0.2, 0.25) is 0 Å². The van der Waals surface area contributed by atoms with Crippen LogP contribution in [0.15, 0.2) is 40.8 Å². The fourth-order valence-electron chi connectivity index (χ4n) is 4.36. The number of benzene rings is 1. The first kappa shape index (κ1) is 21.7. The lowest BCUT2D eigenvalue weighted by molar-refractivity contribution is -0.0429. The van der Waals surface area contributed by atoms with Crippen molar-refractivity contribution < 1.29 is 30.8 Å². The Morgan fingerprint density at radius 3 is 2.45 bits per heavy atom. The standard InChI is InChI=1S/C20H22F3N3O4S/c1-12-18(13-8-10-26(12)11-9-13)24-19(27)17-7-6-16(30-17)14-4-2-3-5-15(14)25-31(28,29)20(21,22)23/h2-7,12-13,18,25H,8-11H2,1H3,(H,24,27)/t12-,18+/m1/s1. The van der Waals surface area contributed by atoms with Gasteiger partial charge in [-0.2, -0.15) is 21.6 Å². The van der Waals surface area contributed by atoms with Gasteiger partial charge < -0.3 is 9.73 Å². The molecule has 2 N–H and O–H groups in total. The summed E-state index contributed by atoms with van der Waals surface area (Å²) >= 11 is 0. The minimum Gasteiger partial charge on any atom is -0.451 e. The molecule has 0 unspecified atom stereocenters. The number of carbonyl (C=O) groups is 1. The number of carbonyl (C=O) groups excluding carboxylic acids is 1. The van der Waals surface area contributed by atoms with Crippen molar-refractivity contribution >= 4 is 21.6 Å². The van der Waals surface area contributed by atoms with Gasteiger partial charge in [-0.3, -0.25) is 14.4 Å². The average Bonchev–Trinajstić information content (AvgIpc) is 3.20. The molecule has 3 aliphatic heterocycles. The highest BCUT2D eigenvalue weighted by Gasteiger charge is 2.46. The molecule has 2 atom stereocenters. The molecule has 5 rings (SSSR count). The third-order valence-electron chi connectivity index (χ3n) is 6.05. The largest absolute Gasteiger partial charge is 0.516 e. The van der Waals surface area contributed by atoms with Crippen LogP contribution in [0, 0.1) is 5.92 Å². The molecular formula is C20H22F3N3O4S. The zero-order valence-corrected chi connectivity index (χ0v) is 17.5. The molecule has 0 saturated carbocycles. The van der Waals surface area contributed by atoms with Crippen molar-refractivity contribution in [3.05, 3.63) is 42.2 Å². The number of fused-ring (bicyclic) bond motifs is 3. The van der Waals surface area contributed by atoms with Crippen LogP contribution in [0.2, 0.25) is 0 Å². The Kier molecular flexibility index (Phi) is 5.50. The normalized spacial score (nSPS) is 25.9. The van der Waals surface area contributed by atoms with E-state index in [2.05, 4.69) is 17.1 Å². The second-order valence-electron chi connectivity index (χ2n) is 7.87. The number of amides is 1. The predicted molar refractivity (Wildman–Crippen MR) is 108 cm³/mol. The molecule has 168 valence electrons. The number of anilines is 1. The third kappa shape index (κ3) is 4.16. The van der Waals surface area contributed by atoms with Crippen LogP contribution < -0.4 is 10.0 Å². The van der Waals surface area contributed by atoms with Gasteiger partial charge in [-0.25, -0.2) is 0 Å². The SMILES string of the molecule is C[C@@H]1[C@H](NC(=O)c2ccc(-c3ccccc3NS(=O)(=O)C(F)(F)F)o2)C2CCN1CC2. The van der Waals surface area contributed by atoms with Gasteiger partial charge in [0.1, 0.15) is 5.76 Å². The lowest BCUT2D eigenvalue weighted by Gasteiger charge is -2.49. The Morgan fingerprint density at radius 2 is 1.81 bits per heavy atom. The van der Waals surface area contributed by atoms with Crippen LogP contribution in [0.1, 0.15) is 30.3 Å². The second kappa shape index (κ2) is 7.86. The summed E-state index contributed by atoms with van der Waals surface area (Å²) < 4.78 is 68.4. The van der Waals surface area contributed by atoms with Crippen molar-refractivity contribution in [2.45, 2.75) is 37.4 Å². The van der Waals surface area contributed by atoms with Crippen LogP contribution in [-0.4, -0.2) is 49.9 Å². The van der Waals surface area contributed by atoms with Crippen molar-refractivity contribution in [2.75, 3.05) is 17.8 Å². The van der Waals surface area contributed by atoms with Crippen molar-refractivity contribution in [1.29, 1.82) is 0 Å². The molecule has 0 spiro atoms. The molecule has 7 nitrogen and oxygen atoms in total. The Balaban J connectivity index is 1.54. The summed E-state index contributed by atoms with van der Waals surface area (Å²) in [6, 6.07) is 8.57. The van der Waals surface area contributed by atoms with E-state index in [0.717, 1.165) is 25.9 Å². The van der Waals surface area contributed by atoms with Gasteiger partial charge >= 0.3 is 15.5 Å². The molecule has 1 amide bonds. The molecule has 11 heteroatoms. The molecular weight excluding hydrogens is 435 g/mol. The quantitative estimate of drug-likeness (QED) is 0.718. The van der Waals surface area contributed by atoms with Crippen LogP contribution in [-0.2, 0) is 10.0 Å². The van der Waals surface area contributed by atoms with Gasteiger partial charge in [-0.1, -0.05) is 12.1 Å². The molecule has 2 bridgehead atoms. The maximum Gasteiger partial charge on any atom is 0.516 e. The maximum absolute atomic E-state index is 12.8. The minimum absolute atomic E-state index is 0.00516. The van der Waals surface area contributed by atoms with Crippen molar-refractivity contribution in [3.8, 4) is 11.3 Å². The zero-order chi connectivity index (χ0) is 22.4. The van der Waals surface area contributed by atoms with Crippen LogP contribution in [0.3, 0.4) is 0 Å². The molecule has 1 aromatic carbocycles. The maximum atomic E-state index is 12.8. The van der Waals surface area contributed by atoms with E-state index < -0.39 is 21.4 Å². The fraction of sp³-hybridized carbons (Fsp3) is 0.450. The number of hydrogen-bond acceptors (Lipinski definition) is 5. The number of rotatable bonds is 5. The van der Waals surface area contributed by atoms with Crippen molar-refractivity contribution in [3.63, 3.8) is 0 Å². The number of nitrogens with one attached hydrogen (secondary N) is 2. The molecule has 4 heterocycles. The van der Waals surface area contributed by atoms with Crippen LogP contribution in [0.4, 0.5) is 18.9 Å². The Labute approximate surface area is 177 Å². The summed E-state index contributed by atoms with van der Waals surface area (Å²) in [5.74, 6) is 0.0702. The molecule has 1 aromatic heterocycles. The monoisotopic (exact) mass is 457 g/mol. The Morgan fingerprint density at radius 1 is 1.13 bits per heavy atom. The topological polar surface area (TPSA) is 91.7 Å². The zero-order valence-electron chi connectivity index (χ0n) is 16.6. The van der Waals surface area contributed by atoms with Gasteiger partial charge in [0.15, 0.2) is 5.76 Å². The lowest BCUT2D eigenvalue weighted by atomic mass is 9.79. The summed E-state index contributed by atoms with van der Waals surface area (Å²) in [5.41, 5.74) is -5.67. The summed E-state index contributed by atoms with van der Waals surface area (Å²) in [5, 5.41) is 3.02. The van der Waals surface area contributed by atoms with Crippen molar-refractivity contribution in [1.82, 2.24) is 10.2 Å². The number of nitrogens with zero attached hydrogens (tertiary/aromatic N) is 1. The highest BCUT2D eigenvalue weighted by Crippen LogP contribution is 2.34. The highest BCUT2D eigenvalue weighted by molar-refractivity contribution is 7.93. The highest BCUT2D eigenvalue weighted by atomic mass is 32.2. The smallest absolute Gasteiger partial charge is 0.451 e. The number of alkyl halides is 3. The average molecular weight is 457 g/mol. The van der Waals surface area contributed by atoms with E-state index in [1.165, 1.54) is 41.1 Å². The Bertz CT molecular complexity index is 1070. The fourth-order valence-corrected chi connectivity index (χ4v) is 4.95. The number of sulfonamides is 1. The van der Waals surface area contributed by atoms with E-state index in [4.69, 9.17) is 4.42 Å². The van der Waals surface area contributed by atoms with Gasteiger partial charge in [0.25, 0.3) is 5.91 Å². The van der Waals surface area contributed by atoms with E-state index in [1.807, 2.05) is 0 Å². The van der Waals surface area contributed by atoms with Crippen LogP contribution >= 0.6 is 0 Å². The van der Waals surface area contributed by atoms with Gasteiger partial charge in [0.05, 0.1) is 5.69 Å². The van der Waals surface area contributed by atoms with E-state index in [-0.39, 0.29) is 34.9 Å². The molecule has 3 saturated heterocycles. The number of halogens is 3. The van der Waals surface area contributed by atoms with Crippen molar-refractivity contribution in [2.24, 2.45) is 5.92 Å². The van der Waals surface area contributed by atoms with Crippen LogP contribution in [0.5, 0.6) is 0 Å². The van der Waals surface area contributed by atoms with Gasteiger partial charge in [-0.15, -0.1) is 0 Å². The summed E-state index contributed by atoms with van der Waals surface area (Å²) in [7, 11) is -5.60. The van der Waals surface area contributed by atoms with Crippen LogP contribution in [0.25, 0.3) is 11.3 Å². The number of piperidine rings is 3. The van der Waals surface area contributed by atoms with Gasteiger partial charge in [-0.05, 0) is 63.0 Å². The molecule has 3 fully saturated rings. The third-order valence-corrected chi connectivity index (χ3v) is 7.14. The first-order valence-electron chi connectivity index (χ1n) is 9.90. The second-order valence-corrected chi connectivity index (χ2v) is 9.55. The minimum atomic E-state index is -5.60. The lowest BCUT2D eigenvalue weighted by Crippen LogP contribution is -2.62.